The summed E-state index contributed by atoms with van der Waals surface area (Å²) in [5, 5.41) is 19.3. The molecule has 0 amide bonds. The zero-order chi connectivity index (χ0) is 30.4. The highest BCUT2D eigenvalue weighted by molar-refractivity contribution is 7.16. The fourth-order valence-corrected chi connectivity index (χ4v) is 6.50. The monoisotopic (exact) mass is 592 g/mol. The second kappa shape index (κ2) is 13.6. The lowest BCUT2D eigenvalue weighted by molar-refractivity contribution is -0.132. The molecule has 222 valence electrons. The van der Waals surface area contributed by atoms with E-state index >= 15 is 0 Å². The van der Waals surface area contributed by atoms with Gasteiger partial charge in [0.15, 0.2) is 5.82 Å². The summed E-state index contributed by atoms with van der Waals surface area (Å²) in [7, 11) is 2.03. The Hall–Kier alpha value is -4.28. The van der Waals surface area contributed by atoms with E-state index in [2.05, 4.69) is 25.9 Å². The van der Waals surface area contributed by atoms with Gasteiger partial charge in [-0.25, -0.2) is 14.8 Å². The van der Waals surface area contributed by atoms with Crippen molar-refractivity contribution < 1.29 is 19.4 Å². The maximum atomic E-state index is 14.0. The van der Waals surface area contributed by atoms with Crippen LogP contribution in [-0.4, -0.2) is 64.2 Å². The third kappa shape index (κ3) is 6.78. The van der Waals surface area contributed by atoms with Gasteiger partial charge in [0, 0.05) is 40.4 Å². The molecule has 0 radical (unpaired) electrons. The maximum absolute atomic E-state index is 14.0. The smallest absolute Gasteiger partial charge is 0.351 e. The quantitative estimate of drug-likeness (QED) is 0.169. The van der Waals surface area contributed by atoms with Crippen LogP contribution in [0.4, 0.5) is 10.8 Å². The Balaban J connectivity index is 1.73. The molecule has 2 aliphatic rings. The zero-order valence-electron chi connectivity index (χ0n) is 23.8. The number of carboxylic acid groups (broad SMARTS) is 1. The van der Waals surface area contributed by atoms with E-state index in [0.717, 1.165) is 48.7 Å². The number of Topliss-reactive ketones (excluding diaryl/α,β-unsaturated/α-hetero) is 1. The molecule has 2 aromatic rings. The summed E-state index contributed by atoms with van der Waals surface area (Å²) in [6.07, 6.45) is 7.77. The summed E-state index contributed by atoms with van der Waals surface area (Å²) in [5.74, 6) is -1.92. The molecule has 42 heavy (non-hydrogen) atoms. The number of carboxylic acids is 1. The van der Waals surface area contributed by atoms with Crippen LogP contribution < -0.4 is 21.9 Å². The highest BCUT2D eigenvalue weighted by Crippen LogP contribution is 2.45. The molecular formula is C29H36N8O4S. The van der Waals surface area contributed by atoms with Gasteiger partial charge in [0.2, 0.25) is 17.5 Å². The fourth-order valence-electron chi connectivity index (χ4n) is 5.38. The average molecular weight is 593 g/mol. The van der Waals surface area contributed by atoms with Crippen molar-refractivity contribution in [3.05, 3.63) is 50.9 Å². The molecule has 1 aliphatic carbocycles. The number of aromatic nitrogens is 2. The molecule has 2 aromatic heterocycles. The van der Waals surface area contributed by atoms with Crippen molar-refractivity contribution in [2.75, 3.05) is 25.9 Å². The normalized spacial score (nSPS) is 19.8. The number of carbonyl (C=O) groups excluding carboxylic acids is 1. The Morgan fingerprint density at radius 3 is 2.76 bits per heavy atom. The van der Waals surface area contributed by atoms with Crippen molar-refractivity contribution in [3.8, 4) is 11.9 Å². The number of nitrogens with two attached hydrogens (primary N) is 3. The Bertz CT molecular complexity index is 1490. The molecule has 0 unspecified atom stereocenters. The molecule has 0 spiro atoms. The first-order valence-corrected chi connectivity index (χ1v) is 14.8. The molecule has 12 nitrogen and oxygen atoms in total. The van der Waals surface area contributed by atoms with Gasteiger partial charge in [0.05, 0.1) is 5.56 Å². The van der Waals surface area contributed by atoms with Crippen molar-refractivity contribution in [3.63, 3.8) is 0 Å². The number of hydrogen-bond acceptors (Lipinski definition) is 12. The molecule has 1 fully saturated rings. The number of fused-ring (bicyclic) bond motifs is 1. The number of ether oxygens (including phenoxy) is 1. The minimum absolute atomic E-state index is 0.101. The number of nitrogens with zero attached hydrogens (tertiary/aromatic N) is 5. The highest BCUT2D eigenvalue weighted by Gasteiger charge is 2.32. The lowest BCUT2D eigenvalue weighted by atomic mass is 9.80. The number of nitrogen functional groups attached to an aromatic ring is 1. The first-order chi connectivity index (χ1) is 20.1. The Kier molecular flexibility index (Phi) is 9.92. The summed E-state index contributed by atoms with van der Waals surface area (Å²) in [6, 6.07) is 3.92. The lowest BCUT2D eigenvalue weighted by Crippen LogP contribution is -2.30. The fraction of sp³-hybridized carbons (Fsp3) is 0.448. The van der Waals surface area contributed by atoms with Gasteiger partial charge in [0.1, 0.15) is 23.4 Å². The number of carbonyl (C=O) groups is 2. The van der Waals surface area contributed by atoms with E-state index in [1.54, 1.807) is 0 Å². The van der Waals surface area contributed by atoms with Gasteiger partial charge in [-0.05, 0) is 63.8 Å². The van der Waals surface area contributed by atoms with Gasteiger partial charge < -0.3 is 31.9 Å². The van der Waals surface area contributed by atoms with E-state index < -0.39 is 17.4 Å². The number of thiophene rings is 1. The number of likely N-dealkylation sites (N-methyl/N-ethyl adjacent to an activating group) is 1. The SMILES string of the molecule is CCC/C(C(=O)c1nc(/N=C/C=C(\N)C(=O)O)cc(OC[C@@H]2CCCN2C)n1)=C(/N)[C@H]1CCCc2sc(N)c(C#N)c21. The molecule has 13 heteroatoms. The predicted octanol–water partition coefficient (Wildman–Crippen LogP) is 3.41. The largest absolute Gasteiger partial charge is 0.477 e. The van der Waals surface area contributed by atoms with Crippen molar-refractivity contribution in [1.82, 2.24) is 14.9 Å². The van der Waals surface area contributed by atoms with E-state index in [4.69, 9.17) is 27.0 Å². The van der Waals surface area contributed by atoms with E-state index in [-0.39, 0.29) is 29.5 Å². The van der Waals surface area contributed by atoms with E-state index in [9.17, 15) is 14.9 Å². The van der Waals surface area contributed by atoms with Crippen molar-refractivity contribution in [1.29, 1.82) is 5.26 Å². The average Bonchev–Trinajstić information content (AvgIpc) is 3.54. The number of allylic oxidation sites excluding steroid dienone is 3. The number of hydrogen-bond donors (Lipinski definition) is 4. The Morgan fingerprint density at radius 2 is 2.10 bits per heavy atom. The maximum Gasteiger partial charge on any atom is 0.351 e. The summed E-state index contributed by atoms with van der Waals surface area (Å²) >= 11 is 1.40. The van der Waals surface area contributed by atoms with Crippen LogP contribution in [0.15, 0.2) is 34.1 Å². The topological polar surface area (TPSA) is 207 Å². The second-order valence-electron chi connectivity index (χ2n) is 10.4. The predicted molar refractivity (Wildman–Crippen MR) is 161 cm³/mol. The van der Waals surface area contributed by atoms with Gasteiger partial charge in [-0.2, -0.15) is 10.2 Å². The van der Waals surface area contributed by atoms with Gasteiger partial charge >= 0.3 is 5.97 Å². The van der Waals surface area contributed by atoms with Crippen LogP contribution in [0.5, 0.6) is 5.88 Å². The summed E-state index contributed by atoms with van der Waals surface area (Å²) in [6.45, 7) is 3.30. The molecular weight excluding hydrogens is 556 g/mol. The number of aliphatic imine (C=N–C) groups is 1. The van der Waals surface area contributed by atoms with Crippen LogP contribution in [0.25, 0.3) is 0 Å². The molecule has 4 rings (SSSR count). The molecule has 0 aromatic carbocycles. The number of rotatable bonds is 11. The minimum Gasteiger partial charge on any atom is -0.477 e. The molecule has 1 saturated heterocycles. The van der Waals surface area contributed by atoms with Crippen molar-refractivity contribution in [2.45, 2.75) is 63.8 Å². The van der Waals surface area contributed by atoms with Crippen LogP contribution in [0, 0.1) is 11.3 Å². The van der Waals surface area contributed by atoms with Crippen LogP contribution >= 0.6 is 11.3 Å². The summed E-state index contributed by atoms with van der Waals surface area (Å²) in [5.41, 5.74) is 20.0. The standard InChI is InChI=1S/C29H36N8O4S/c1-3-6-18(25(32)17-8-4-9-21-24(17)19(14-30)27(33)42-21)26(38)28-35-22(34-11-10-20(31)29(39)40)13-23(36-28)41-15-16-7-5-12-37(16)2/h10-11,13,16-17H,3-9,12,15,31-33H2,1-2H3,(H,39,40)/b20-10-,25-18-,34-11+/t16-,17-/m0/s1. The lowest BCUT2D eigenvalue weighted by Gasteiger charge is -2.25. The van der Waals surface area contributed by atoms with E-state index in [1.165, 1.54) is 23.6 Å². The van der Waals surface area contributed by atoms with Crippen molar-refractivity contribution in [2.24, 2.45) is 16.5 Å². The first kappa shape index (κ1) is 30.7. The second-order valence-corrected chi connectivity index (χ2v) is 11.6. The van der Waals surface area contributed by atoms with E-state index in [1.807, 2.05) is 14.0 Å². The van der Waals surface area contributed by atoms with Gasteiger partial charge in [-0.1, -0.05) is 13.3 Å². The van der Waals surface area contributed by atoms with Crippen molar-refractivity contribution >= 4 is 40.1 Å². The first-order valence-electron chi connectivity index (χ1n) is 13.9. The zero-order valence-corrected chi connectivity index (χ0v) is 24.6. The Morgan fingerprint density at radius 1 is 1.31 bits per heavy atom. The highest BCUT2D eigenvalue weighted by atomic mass is 32.1. The Labute approximate surface area is 248 Å². The molecule has 7 N–H and O–H groups in total. The number of anilines is 1. The summed E-state index contributed by atoms with van der Waals surface area (Å²) in [4.78, 5) is 41.3. The van der Waals surface area contributed by atoms with Gasteiger partial charge in [-0.15, -0.1) is 11.3 Å². The molecule has 2 atom stereocenters. The third-order valence-corrected chi connectivity index (χ3v) is 8.69. The minimum atomic E-state index is -1.28. The summed E-state index contributed by atoms with van der Waals surface area (Å²) < 4.78 is 6.00. The van der Waals surface area contributed by atoms with Gasteiger partial charge in [0.25, 0.3) is 0 Å². The number of likely N-dealkylation sites (tertiary alicyclic amines) is 1. The number of aliphatic carboxylic acids is 1. The molecule has 0 bridgehead atoms. The van der Waals surface area contributed by atoms with Crippen LogP contribution in [0.3, 0.4) is 0 Å². The van der Waals surface area contributed by atoms with Crippen LogP contribution in [0.1, 0.15) is 78.0 Å². The van der Waals surface area contributed by atoms with Crippen LogP contribution in [0.2, 0.25) is 0 Å². The molecule has 1 aliphatic heterocycles. The third-order valence-electron chi connectivity index (χ3n) is 7.60. The molecule has 0 saturated carbocycles. The number of ketones is 1. The molecule has 3 heterocycles. The van der Waals surface area contributed by atoms with Crippen LogP contribution in [-0.2, 0) is 11.2 Å². The number of aryl methyl sites for hydroxylation is 1. The van der Waals surface area contributed by atoms with Gasteiger partial charge in [-0.3, -0.25) is 4.79 Å². The number of nitriles is 1. The van der Waals surface area contributed by atoms with E-state index in [0.29, 0.717) is 47.7 Å².